The summed E-state index contributed by atoms with van der Waals surface area (Å²) in [6, 6.07) is 14.6. The Balaban J connectivity index is 2.26. The lowest BCUT2D eigenvalue weighted by molar-refractivity contribution is 0.455. The van der Waals surface area contributed by atoms with E-state index in [-0.39, 0.29) is 10.6 Å². The number of benzene rings is 2. The van der Waals surface area contributed by atoms with Crippen molar-refractivity contribution in [2.75, 3.05) is 11.9 Å². The number of hydrogen-bond donors (Lipinski definition) is 2. The summed E-state index contributed by atoms with van der Waals surface area (Å²) in [6.07, 6.45) is 2.01. The Morgan fingerprint density at radius 3 is 2.50 bits per heavy atom. The van der Waals surface area contributed by atoms with Crippen LogP contribution in [0.3, 0.4) is 0 Å². The fourth-order valence-corrected chi connectivity index (χ4v) is 5.04. The van der Waals surface area contributed by atoms with E-state index in [2.05, 4.69) is 27.0 Å². The molecule has 9 heteroatoms. The van der Waals surface area contributed by atoms with Crippen molar-refractivity contribution in [2.45, 2.75) is 36.0 Å². The van der Waals surface area contributed by atoms with Gasteiger partial charge in [0.25, 0.3) is 5.56 Å². The van der Waals surface area contributed by atoms with Gasteiger partial charge in [0.2, 0.25) is 9.84 Å². The molecule has 0 saturated carbocycles. The van der Waals surface area contributed by atoms with Gasteiger partial charge < -0.3 is 15.0 Å². The molecule has 0 bridgehead atoms. The molecule has 0 saturated heterocycles. The van der Waals surface area contributed by atoms with Gasteiger partial charge >= 0.3 is 0 Å². The summed E-state index contributed by atoms with van der Waals surface area (Å²) in [5.41, 5.74) is 0.712. The van der Waals surface area contributed by atoms with E-state index in [0.717, 1.165) is 12.8 Å². The van der Waals surface area contributed by atoms with E-state index < -0.39 is 26.0 Å². The molecule has 0 radical (unpaired) electrons. The summed E-state index contributed by atoms with van der Waals surface area (Å²) in [5.74, 6) is -0.618. The van der Waals surface area contributed by atoms with Crippen molar-refractivity contribution in [3.05, 3.63) is 74.6 Å². The van der Waals surface area contributed by atoms with Crippen LogP contribution in [0.4, 0.5) is 11.4 Å². The molecular weight excluding hydrogens is 494 g/mol. The van der Waals surface area contributed by atoms with Crippen LogP contribution in [0.2, 0.25) is 0 Å². The number of halogens is 1. The highest BCUT2D eigenvalue weighted by molar-refractivity contribution is 9.10. The van der Waals surface area contributed by atoms with Crippen LogP contribution >= 0.6 is 15.9 Å². The number of aromatic hydroxyl groups is 1. The molecule has 2 N–H and O–H groups in total. The molecule has 0 amide bonds. The van der Waals surface area contributed by atoms with Crippen LogP contribution in [0.25, 0.3) is 0 Å². The van der Waals surface area contributed by atoms with Crippen LogP contribution in [0.15, 0.2) is 67.6 Å². The zero-order valence-electron chi connectivity index (χ0n) is 17.6. The average Bonchev–Trinajstić information content (AvgIpc) is 2.77. The molecule has 0 fully saturated rings. The predicted molar refractivity (Wildman–Crippen MR) is 126 cm³/mol. The van der Waals surface area contributed by atoms with E-state index in [1.807, 2.05) is 6.92 Å². The lowest BCUT2D eigenvalue weighted by Gasteiger charge is -2.25. The minimum atomic E-state index is -4.30. The maximum Gasteiger partial charge on any atom is 0.271 e. The van der Waals surface area contributed by atoms with Crippen molar-refractivity contribution >= 4 is 37.1 Å². The first kappa shape index (κ1) is 23.6. The zero-order valence-corrected chi connectivity index (χ0v) is 20.0. The van der Waals surface area contributed by atoms with Gasteiger partial charge in [-0.1, -0.05) is 35.3 Å². The van der Waals surface area contributed by atoms with E-state index in [4.69, 9.17) is 0 Å². The second-order valence-electron chi connectivity index (χ2n) is 7.24. The van der Waals surface area contributed by atoms with Crippen LogP contribution in [0, 0.1) is 11.3 Å². The molecular formula is C23H22BrN3O4S. The number of nitriles is 1. The second kappa shape index (κ2) is 9.59. The van der Waals surface area contributed by atoms with Gasteiger partial charge in [0.05, 0.1) is 16.5 Å². The normalized spacial score (nSPS) is 11.2. The smallest absolute Gasteiger partial charge is 0.271 e. The molecule has 3 aromatic rings. The van der Waals surface area contributed by atoms with Gasteiger partial charge in [-0.05, 0) is 55.3 Å². The highest BCUT2D eigenvalue weighted by atomic mass is 79.9. The van der Waals surface area contributed by atoms with Gasteiger partial charge in [-0.3, -0.25) is 4.79 Å². The van der Waals surface area contributed by atoms with Crippen molar-refractivity contribution in [2.24, 2.45) is 0 Å². The third-order valence-electron chi connectivity index (χ3n) is 5.07. The number of nitrogens with one attached hydrogen (secondary N) is 1. The van der Waals surface area contributed by atoms with Crippen molar-refractivity contribution in [3.63, 3.8) is 0 Å². The largest absolute Gasteiger partial charge is 0.504 e. The molecule has 0 aliphatic carbocycles. The van der Waals surface area contributed by atoms with Crippen LogP contribution in [0.1, 0.15) is 31.0 Å². The Kier molecular flexibility index (Phi) is 7.06. The minimum absolute atomic E-state index is 0.108. The first-order valence-corrected chi connectivity index (χ1v) is 12.2. The fraction of sp³-hybridized carbons (Fsp3) is 0.217. The molecule has 0 atom stereocenters. The monoisotopic (exact) mass is 515 g/mol. The molecule has 3 rings (SSSR count). The Morgan fingerprint density at radius 1 is 1.19 bits per heavy atom. The Bertz CT molecular complexity index is 1340. The number of H-pyrrole nitrogens is 1. The van der Waals surface area contributed by atoms with Gasteiger partial charge in [-0.25, -0.2) is 8.42 Å². The Morgan fingerprint density at radius 2 is 1.88 bits per heavy atom. The van der Waals surface area contributed by atoms with E-state index >= 15 is 0 Å². The summed E-state index contributed by atoms with van der Waals surface area (Å²) >= 11 is 3.26. The molecule has 32 heavy (non-hydrogen) atoms. The van der Waals surface area contributed by atoms with Crippen molar-refractivity contribution in [3.8, 4) is 11.8 Å². The van der Waals surface area contributed by atoms with Crippen LogP contribution in [-0.4, -0.2) is 25.6 Å². The number of unbranched alkanes of at least 4 members (excludes halogenated alkanes) is 1. The average molecular weight is 516 g/mol. The molecule has 0 aliphatic heterocycles. The van der Waals surface area contributed by atoms with Gasteiger partial charge in [-0.15, -0.1) is 0 Å². The molecule has 1 aromatic heterocycles. The molecule has 7 nitrogen and oxygen atoms in total. The van der Waals surface area contributed by atoms with E-state index in [1.165, 1.54) is 12.1 Å². The van der Waals surface area contributed by atoms with Gasteiger partial charge in [0.15, 0.2) is 10.6 Å². The number of hydrogen-bond acceptors (Lipinski definition) is 6. The van der Waals surface area contributed by atoms with E-state index in [9.17, 15) is 23.6 Å². The maximum absolute atomic E-state index is 13.3. The number of nitrogens with zero attached hydrogens (tertiary/aromatic N) is 2. The molecule has 1 heterocycles. The molecule has 0 unspecified atom stereocenters. The molecule has 0 spiro atoms. The highest BCUT2D eigenvalue weighted by Crippen LogP contribution is 2.39. The number of anilines is 2. The number of aromatic amines is 1. The summed E-state index contributed by atoms with van der Waals surface area (Å²) in [7, 11) is -2.65. The van der Waals surface area contributed by atoms with Crippen molar-refractivity contribution in [1.82, 2.24) is 4.98 Å². The standard InChI is InChI=1S/C23H22BrN3O4S/c1-3-4-8-19-20(27(2)17-7-5-6-15(13-17)14-25)21(28)22(23(29)26-19)32(30,31)18-11-9-16(24)10-12-18/h5-7,9-13H,3-4,8H2,1-2H3,(H2,26,28,29). The molecule has 2 aromatic carbocycles. The highest BCUT2D eigenvalue weighted by Gasteiger charge is 2.30. The summed E-state index contributed by atoms with van der Waals surface area (Å²) in [4.78, 5) is 16.3. The van der Waals surface area contributed by atoms with Crippen LogP contribution in [0.5, 0.6) is 5.75 Å². The number of sulfone groups is 1. The van der Waals surface area contributed by atoms with E-state index in [1.54, 1.807) is 48.3 Å². The maximum atomic E-state index is 13.3. The predicted octanol–water partition coefficient (Wildman–Crippen LogP) is 4.66. The number of aryl methyl sites for hydroxylation is 1. The van der Waals surface area contributed by atoms with Crippen LogP contribution in [-0.2, 0) is 16.3 Å². The van der Waals surface area contributed by atoms with Crippen LogP contribution < -0.4 is 10.5 Å². The lowest BCUT2D eigenvalue weighted by Crippen LogP contribution is -2.24. The summed E-state index contributed by atoms with van der Waals surface area (Å²) < 4.78 is 27.2. The second-order valence-corrected chi connectivity index (χ2v) is 10.0. The SMILES string of the molecule is CCCCc1[nH]c(=O)c(S(=O)(=O)c2ccc(Br)cc2)c(O)c1N(C)c1cccc(C#N)c1. The van der Waals surface area contributed by atoms with Crippen molar-refractivity contribution < 1.29 is 13.5 Å². The summed E-state index contributed by atoms with van der Waals surface area (Å²) in [5, 5.41) is 20.4. The third kappa shape index (κ3) is 4.56. The fourth-order valence-electron chi connectivity index (χ4n) is 3.40. The molecule has 166 valence electrons. The Hall–Kier alpha value is -3.09. The first-order valence-electron chi connectivity index (χ1n) is 9.93. The molecule has 0 aliphatic rings. The zero-order chi connectivity index (χ0) is 23.5. The van der Waals surface area contributed by atoms with Gasteiger partial charge in [0, 0.05) is 22.9 Å². The van der Waals surface area contributed by atoms with Gasteiger partial charge in [-0.2, -0.15) is 5.26 Å². The summed E-state index contributed by atoms with van der Waals surface area (Å²) in [6.45, 7) is 1.99. The van der Waals surface area contributed by atoms with Crippen molar-refractivity contribution in [1.29, 1.82) is 5.26 Å². The Labute approximate surface area is 195 Å². The third-order valence-corrected chi connectivity index (χ3v) is 7.40. The topological polar surface area (TPSA) is 114 Å². The van der Waals surface area contributed by atoms with E-state index in [0.29, 0.717) is 27.8 Å². The van der Waals surface area contributed by atoms with Gasteiger partial charge in [0.1, 0.15) is 5.69 Å². The lowest BCUT2D eigenvalue weighted by atomic mass is 10.1. The number of rotatable bonds is 7. The minimum Gasteiger partial charge on any atom is -0.504 e. The quantitative estimate of drug-likeness (QED) is 0.472. The number of pyridine rings is 1. The number of aromatic nitrogens is 1. The first-order chi connectivity index (χ1) is 15.2.